The van der Waals surface area contributed by atoms with Crippen molar-refractivity contribution >= 4 is 0 Å². The van der Waals surface area contributed by atoms with Crippen LogP contribution in [-0.4, -0.2) is 36.2 Å². The van der Waals surface area contributed by atoms with Gasteiger partial charge in [-0.15, -0.1) is 0 Å². The van der Waals surface area contributed by atoms with Crippen molar-refractivity contribution in [1.29, 1.82) is 0 Å². The number of piperidine rings is 1. The van der Waals surface area contributed by atoms with Gasteiger partial charge in [-0.25, -0.2) is 0 Å². The number of hydrogen-bond acceptors (Lipinski definition) is 2. The average molecular weight is 275 g/mol. The fraction of sp³-hybridized carbons (Fsp3) is 0.667. The highest BCUT2D eigenvalue weighted by molar-refractivity contribution is 5.15. The smallest absolute Gasteiger partial charge is 0.0496 e. The third-order valence-corrected chi connectivity index (χ3v) is 4.91. The summed E-state index contributed by atoms with van der Waals surface area (Å²) in [5.41, 5.74) is 1.55. The molecule has 20 heavy (non-hydrogen) atoms. The molecule has 1 atom stereocenters. The van der Waals surface area contributed by atoms with Gasteiger partial charge in [-0.2, -0.15) is 0 Å². The molecule has 1 aliphatic rings. The van der Waals surface area contributed by atoms with Crippen molar-refractivity contribution in [3.63, 3.8) is 0 Å². The Bertz CT molecular complexity index is 378. The van der Waals surface area contributed by atoms with Crippen LogP contribution in [-0.2, 0) is 6.42 Å². The second kappa shape index (κ2) is 7.24. The number of benzene rings is 1. The number of rotatable bonds is 6. The van der Waals surface area contributed by atoms with E-state index in [1.54, 1.807) is 0 Å². The van der Waals surface area contributed by atoms with Crippen LogP contribution in [0, 0.1) is 11.3 Å². The molecule has 0 aromatic heterocycles. The molecule has 1 fully saturated rings. The van der Waals surface area contributed by atoms with Crippen molar-refractivity contribution in [3.05, 3.63) is 35.9 Å². The minimum atomic E-state index is 0.0757. The fourth-order valence-electron chi connectivity index (χ4n) is 3.11. The third kappa shape index (κ3) is 4.32. The summed E-state index contributed by atoms with van der Waals surface area (Å²) in [7, 11) is 0. The second-order valence-corrected chi connectivity index (χ2v) is 6.73. The molecular formula is C18H29NO. The number of hydrogen-bond donors (Lipinski definition) is 1. The Morgan fingerprint density at radius 2 is 1.85 bits per heavy atom. The maximum atomic E-state index is 9.54. The molecule has 112 valence electrons. The third-order valence-electron chi connectivity index (χ3n) is 4.91. The summed E-state index contributed by atoms with van der Waals surface area (Å²) in [5.74, 6) is 0.829. The Kier molecular flexibility index (Phi) is 5.62. The van der Waals surface area contributed by atoms with E-state index in [0.717, 1.165) is 18.9 Å². The molecule has 1 aromatic carbocycles. The minimum Gasteiger partial charge on any atom is -0.396 e. The maximum absolute atomic E-state index is 9.54. The van der Waals surface area contributed by atoms with Crippen molar-refractivity contribution in [2.24, 2.45) is 11.3 Å². The van der Waals surface area contributed by atoms with Crippen LogP contribution in [0.4, 0.5) is 0 Å². The van der Waals surface area contributed by atoms with Gasteiger partial charge in [-0.05, 0) is 50.3 Å². The van der Waals surface area contributed by atoms with Crippen LogP contribution >= 0.6 is 0 Å². The maximum Gasteiger partial charge on any atom is 0.0496 e. The van der Waals surface area contributed by atoms with Crippen LogP contribution in [0.2, 0.25) is 0 Å². The molecule has 1 N–H and O–H groups in total. The van der Waals surface area contributed by atoms with E-state index in [9.17, 15) is 5.11 Å². The lowest BCUT2D eigenvalue weighted by Crippen LogP contribution is -2.42. The van der Waals surface area contributed by atoms with Gasteiger partial charge in [0.05, 0.1) is 0 Å². The molecule has 1 heterocycles. The molecule has 1 saturated heterocycles. The normalized spacial score (nSPS) is 20.8. The van der Waals surface area contributed by atoms with E-state index in [1.807, 2.05) is 0 Å². The van der Waals surface area contributed by atoms with Crippen LogP contribution < -0.4 is 0 Å². The van der Waals surface area contributed by atoms with Gasteiger partial charge in [-0.3, -0.25) is 0 Å². The number of nitrogens with zero attached hydrogens (tertiary/aromatic N) is 1. The van der Waals surface area contributed by atoms with E-state index >= 15 is 0 Å². The molecular weight excluding hydrogens is 246 g/mol. The topological polar surface area (TPSA) is 23.5 Å². The molecule has 2 rings (SSSR count). The van der Waals surface area contributed by atoms with E-state index in [2.05, 4.69) is 49.1 Å². The van der Waals surface area contributed by atoms with Crippen LogP contribution in [0.3, 0.4) is 0 Å². The Morgan fingerprint density at radius 1 is 1.20 bits per heavy atom. The highest BCUT2D eigenvalue weighted by atomic mass is 16.3. The highest BCUT2D eigenvalue weighted by Gasteiger charge is 2.27. The molecule has 0 saturated carbocycles. The average Bonchev–Trinajstić information content (AvgIpc) is 2.50. The monoisotopic (exact) mass is 275 g/mol. The first-order valence-corrected chi connectivity index (χ1v) is 8.02. The van der Waals surface area contributed by atoms with Crippen LogP contribution in [0.25, 0.3) is 0 Å². The van der Waals surface area contributed by atoms with Gasteiger partial charge in [0.25, 0.3) is 0 Å². The summed E-state index contributed by atoms with van der Waals surface area (Å²) in [6.45, 7) is 8.09. The van der Waals surface area contributed by atoms with Gasteiger partial charge in [0, 0.05) is 18.6 Å². The van der Waals surface area contributed by atoms with E-state index in [1.165, 1.54) is 37.9 Å². The van der Waals surface area contributed by atoms with E-state index < -0.39 is 0 Å². The van der Waals surface area contributed by atoms with Gasteiger partial charge in [0.1, 0.15) is 0 Å². The SMILES string of the molecule is CCC(C)(CO)CN1CCC(Cc2ccccc2)CC1. The lowest BCUT2D eigenvalue weighted by Gasteiger charge is -2.38. The molecule has 0 bridgehead atoms. The van der Waals surface area contributed by atoms with Crippen LogP contribution in [0.15, 0.2) is 30.3 Å². The Morgan fingerprint density at radius 3 is 2.40 bits per heavy atom. The summed E-state index contributed by atoms with van der Waals surface area (Å²) in [6, 6.07) is 10.8. The van der Waals surface area contributed by atoms with Gasteiger partial charge >= 0.3 is 0 Å². The molecule has 1 aliphatic heterocycles. The van der Waals surface area contributed by atoms with Crippen molar-refractivity contribution < 1.29 is 5.11 Å². The first-order chi connectivity index (χ1) is 9.65. The van der Waals surface area contributed by atoms with Gasteiger partial charge in [-0.1, -0.05) is 44.2 Å². The van der Waals surface area contributed by atoms with Gasteiger partial charge in [0.15, 0.2) is 0 Å². The number of aliphatic hydroxyl groups is 1. The van der Waals surface area contributed by atoms with Crippen molar-refractivity contribution in [1.82, 2.24) is 4.90 Å². The van der Waals surface area contributed by atoms with E-state index in [4.69, 9.17) is 0 Å². The fourth-order valence-corrected chi connectivity index (χ4v) is 3.11. The van der Waals surface area contributed by atoms with Crippen molar-refractivity contribution in [2.75, 3.05) is 26.2 Å². The van der Waals surface area contributed by atoms with Crippen molar-refractivity contribution in [3.8, 4) is 0 Å². The number of likely N-dealkylation sites (tertiary alicyclic amines) is 1. The zero-order chi connectivity index (χ0) is 14.4. The first-order valence-electron chi connectivity index (χ1n) is 8.02. The molecule has 0 aliphatic carbocycles. The molecule has 2 nitrogen and oxygen atoms in total. The summed E-state index contributed by atoms with van der Waals surface area (Å²) < 4.78 is 0. The molecule has 0 radical (unpaired) electrons. The molecule has 0 spiro atoms. The Labute approximate surface area is 123 Å². The lowest BCUT2D eigenvalue weighted by atomic mass is 9.85. The zero-order valence-electron chi connectivity index (χ0n) is 13.0. The predicted molar refractivity (Wildman–Crippen MR) is 84.8 cm³/mol. The first kappa shape index (κ1) is 15.5. The van der Waals surface area contributed by atoms with Gasteiger partial charge in [0.2, 0.25) is 0 Å². The standard InChI is InChI=1S/C18H29NO/c1-3-18(2,15-20)14-19-11-9-17(10-12-19)13-16-7-5-4-6-8-16/h4-8,17,20H,3,9-15H2,1-2H3. The minimum absolute atomic E-state index is 0.0757. The number of aliphatic hydroxyl groups excluding tert-OH is 1. The van der Waals surface area contributed by atoms with E-state index in [0.29, 0.717) is 6.61 Å². The molecule has 0 amide bonds. The Balaban J connectivity index is 1.78. The Hall–Kier alpha value is -0.860. The largest absolute Gasteiger partial charge is 0.396 e. The van der Waals surface area contributed by atoms with Crippen LogP contribution in [0.1, 0.15) is 38.7 Å². The summed E-state index contributed by atoms with van der Waals surface area (Å²) in [6.07, 6.45) is 4.85. The van der Waals surface area contributed by atoms with Crippen LogP contribution in [0.5, 0.6) is 0 Å². The van der Waals surface area contributed by atoms with Gasteiger partial charge < -0.3 is 10.0 Å². The zero-order valence-corrected chi connectivity index (χ0v) is 13.0. The highest BCUT2D eigenvalue weighted by Crippen LogP contribution is 2.26. The molecule has 1 unspecified atom stereocenters. The van der Waals surface area contributed by atoms with E-state index in [-0.39, 0.29) is 5.41 Å². The quantitative estimate of drug-likeness (QED) is 0.860. The second-order valence-electron chi connectivity index (χ2n) is 6.73. The van der Waals surface area contributed by atoms with Crippen molar-refractivity contribution in [2.45, 2.75) is 39.5 Å². The summed E-state index contributed by atoms with van der Waals surface area (Å²) in [5, 5.41) is 9.54. The molecule has 2 heteroatoms. The molecule has 1 aromatic rings. The predicted octanol–water partition coefficient (Wildman–Crippen LogP) is 3.35. The summed E-state index contributed by atoms with van der Waals surface area (Å²) >= 11 is 0. The lowest BCUT2D eigenvalue weighted by molar-refractivity contribution is 0.0664. The summed E-state index contributed by atoms with van der Waals surface area (Å²) in [4.78, 5) is 2.54.